The van der Waals surface area contributed by atoms with Crippen LogP contribution in [0, 0.1) is 22.7 Å². The molecule has 0 amide bonds. The van der Waals surface area contributed by atoms with E-state index in [4.69, 9.17) is 0 Å². The van der Waals surface area contributed by atoms with E-state index >= 15 is 8.78 Å². The Bertz CT molecular complexity index is 319. The van der Waals surface area contributed by atoms with E-state index in [1.807, 2.05) is 27.7 Å². The molecule has 0 aromatic rings. The molecule has 2 heteroatoms. The van der Waals surface area contributed by atoms with Crippen molar-refractivity contribution in [2.45, 2.75) is 119 Å². The minimum atomic E-state index is -2.60. The molecule has 0 atom stereocenters. The molecule has 0 unspecified atom stereocenters. The van der Waals surface area contributed by atoms with Gasteiger partial charge in [0, 0.05) is 11.3 Å². The van der Waals surface area contributed by atoms with Crippen LogP contribution in [-0.2, 0) is 0 Å². The van der Waals surface area contributed by atoms with Gasteiger partial charge in [-0.15, -0.1) is 0 Å². The zero-order chi connectivity index (χ0) is 19.0. The van der Waals surface area contributed by atoms with Crippen molar-refractivity contribution >= 4 is 0 Å². The van der Waals surface area contributed by atoms with Gasteiger partial charge in [-0.1, -0.05) is 68.2 Å². The second-order valence-corrected chi connectivity index (χ2v) is 7.80. The van der Waals surface area contributed by atoms with Gasteiger partial charge in [0.1, 0.15) is 0 Å². The van der Waals surface area contributed by atoms with Gasteiger partial charge in [-0.3, -0.25) is 0 Å². The Balaban J connectivity index is 6.27. The molecule has 0 rings (SSSR count). The van der Waals surface area contributed by atoms with Crippen LogP contribution in [0.5, 0.6) is 0 Å². The van der Waals surface area contributed by atoms with Gasteiger partial charge in [-0.05, 0) is 56.3 Å². The van der Waals surface area contributed by atoms with Crippen molar-refractivity contribution < 1.29 is 8.78 Å². The molecule has 0 aromatic heterocycles. The van der Waals surface area contributed by atoms with E-state index in [0.717, 1.165) is 32.1 Å². The monoisotopic (exact) mass is 346 g/mol. The van der Waals surface area contributed by atoms with E-state index in [1.54, 1.807) is 0 Å². The molecule has 146 valence electrons. The highest BCUT2D eigenvalue weighted by molar-refractivity contribution is 5.06. The summed E-state index contributed by atoms with van der Waals surface area (Å²) in [6.45, 7) is 16.6. The smallest absolute Gasteiger partial charge is 0.206 e. The lowest BCUT2D eigenvalue weighted by Gasteiger charge is -2.56. The second kappa shape index (κ2) is 10.1. The van der Waals surface area contributed by atoms with Gasteiger partial charge in [0.2, 0.25) is 0 Å². The largest absolute Gasteiger partial charge is 0.256 e. The third-order valence-electron chi connectivity index (χ3n) is 7.55. The minimum Gasteiger partial charge on any atom is -0.206 e. The first-order valence-electron chi connectivity index (χ1n) is 10.6. The number of rotatable bonds is 13. The molecule has 0 bridgehead atoms. The summed E-state index contributed by atoms with van der Waals surface area (Å²) >= 11 is 0. The Labute approximate surface area is 151 Å². The van der Waals surface area contributed by atoms with Gasteiger partial charge in [-0.25, -0.2) is 8.78 Å². The number of alkyl halides is 2. The summed E-state index contributed by atoms with van der Waals surface area (Å²) in [5, 5.41) is 0. The van der Waals surface area contributed by atoms with Crippen molar-refractivity contribution in [3.63, 3.8) is 0 Å². The third kappa shape index (κ3) is 3.98. The zero-order valence-corrected chi connectivity index (χ0v) is 17.8. The van der Waals surface area contributed by atoms with Crippen LogP contribution in [-0.4, -0.2) is 5.92 Å². The number of halogens is 2. The highest BCUT2D eigenvalue weighted by Gasteiger charge is 2.63. The van der Waals surface area contributed by atoms with Crippen molar-refractivity contribution in [3.8, 4) is 0 Å². The summed E-state index contributed by atoms with van der Waals surface area (Å²) in [6, 6.07) is 0. The summed E-state index contributed by atoms with van der Waals surface area (Å²) in [6.07, 6.45) is 7.15. The molecule has 0 aliphatic rings. The van der Waals surface area contributed by atoms with Crippen molar-refractivity contribution in [3.05, 3.63) is 0 Å². The van der Waals surface area contributed by atoms with Gasteiger partial charge in [0.05, 0.1) is 0 Å². The molecule has 0 fully saturated rings. The normalized spacial score (nSPS) is 14.0. The quantitative estimate of drug-likeness (QED) is 0.313. The SMILES string of the molecule is CCC(CC)CC(CC)(CC)C(CC)(CC)C(F)(F)C(CC)CC. The lowest BCUT2D eigenvalue weighted by atomic mass is 9.50. The Morgan fingerprint density at radius 2 is 1.04 bits per heavy atom. The fraction of sp³-hybridized carbons (Fsp3) is 1.00. The first-order chi connectivity index (χ1) is 11.3. The molecule has 0 radical (unpaired) electrons. The maximum atomic E-state index is 15.9. The molecule has 0 saturated heterocycles. The standard InChI is InChI=1S/C22H44F2/c1-9-18(10-2)17-20(13-5,14-6)21(15-7,16-8)22(23,24)19(11-3)12-4/h18-19H,9-17H2,1-8H3. The first kappa shape index (κ1) is 23.9. The molecule has 24 heavy (non-hydrogen) atoms. The second-order valence-electron chi connectivity index (χ2n) is 7.80. The van der Waals surface area contributed by atoms with Gasteiger partial charge in [-0.2, -0.15) is 0 Å². The molecule has 0 heterocycles. The highest BCUT2D eigenvalue weighted by Crippen LogP contribution is 2.63. The predicted octanol–water partition coefficient (Wildman–Crippen LogP) is 8.50. The van der Waals surface area contributed by atoms with Crippen LogP contribution in [0.2, 0.25) is 0 Å². The average molecular weight is 347 g/mol. The molecular weight excluding hydrogens is 302 g/mol. The van der Waals surface area contributed by atoms with E-state index in [0.29, 0.717) is 31.6 Å². The molecule has 0 aliphatic carbocycles. The maximum Gasteiger partial charge on any atom is 0.256 e. The van der Waals surface area contributed by atoms with Crippen LogP contribution in [0.15, 0.2) is 0 Å². The van der Waals surface area contributed by atoms with Crippen LogP contribution in [0.4, 0.5) is 8.78 Å². The molecule has 0 spiro atoms. The predicted molar refractivity (Wildman–Crippen MR) is 104 cm³/mol. The highest BCUT2D eigenvalue weighted by atomic mass is 19.3. The molecule has 0 saturated carbocycles. The lowest BCUT2D eigenvalue weighted by Crippen LogP contribution is -2.56. The summed E-state index contributed by atoms with van der Waals surface area (Å²) in [5.41, 5.74) is -1.15. The summed E-state index contributed by atoms with van der Waals surface area (Å²) in [4.78, 5) is 0. The van der Waals surface area contributed by atoms with Crippen LogP contribution in [0.25, 0.3) is 0 Å². The molecule has 0 nitrogen and oxygen atoms in total. The fourth-order valence-electron chi connectivity index (χ4n) is 5.56. The fourth-order valence-corrected chi connectivity index (χ4v) is 5.56. The van der Waals surface area contributed by atoms with E-state index < -0.39 is 17.3 Å². The molecule has 0 N–H and O–H groups in total. The van der Waals surface area contributed by atoms with Crippen molar-refractivity contribution in [1.82, 2.24) is 0 Å². The van der Waals surface area contributed by atoms with Gasteiger partial charge < -0.3 is 0 Å². The van der Waals surface area contributed by atoms with Gasteiger partial charge in [0.25, 0.3) is 5.92 Å². The average Bonchev–Trinajstić information content (AvgIpc) is 2.59. The zero-order valence-electron chi connectivity index (χ0n) is 17.8. The lowest BCUT2D eigenvalue weighted by molar-refractivity contribution is -0.230. The van der Waals surface area contributed by atoms with E-state index in [9.17, 15) is 0 Å². The van der Waals surface area contributed by atoms with Crippen molar-refractivity contribution in [2.75, 3.05) is 0 Å². The number of hydrogen-bond acceptors (Lipinski definition) is 0. The Kier molecular flexibility index (Phi) is 10.1. The Morgan fingerprint density at radius 1 is 0.625 bits per heavy atom. The van der Waals surface area contributed by atoms with Crippen molar-refractivity contribution in [2.24, 2.45) is 22.7 Å². The Morgan fingerprint density at radius 3 is 1.29 bits per heavy atom. The topological polar surface area (TPSA) is 0 Å². The summed E-state index contributed by atoms with van der Waals surface area (Å²) in [7, 11) is 0. The summed E-state index contributed by atoms with van der Waals surface area (Å²) in [5.74, 6) is -2.55. The van der Waals surface area contributed by atoms with E-state index in [2.05, 4.69) is 27.7 Å². The minimum absolute atomic E-state index is 0.265. The van der Waals surface area contributed by atoms with Gasteiger partial charge in [0.15, 0.2) is 0 Å². The first-order valence-corrected chi connectivity index (χ1v) is 10.6. The molecule has 0 aliphatic heterocycles. The van der Waals surface area contributed by atoms with Crippen LogP contribution in [0.3, 0.4) is 0 Å². The third-order valence-corrected chi connectivity index (χ3v) is 7.55. The molecule has 0 aromatic carbocycles. The van der Waals surface area contributed by atoms with Crippen molar-refractivity contribution in [1.29, 1.82) is 0 Å². The van der Waals surface area contributed by atoms with Crippen LogP contribution >= 0.6 is 0 Å². The van der Waals surface area contributed by atoms with Crippen LogP contribution in [0.1, 0.15) is 113 Å². The maximum absolute atomic E-state index is 15.9. The number of hydrogen-bond donors (Lipinski definition) is 0. The summed E-state index contributed by atoms with van der Waals surface area (Å²) < 4.78 is 31.9. The van der Waals surface area contributed by atoms with Crippen LogP contribution < -0.4 is 0 Å². The molecular formula is C22H44F2. The van der Waals surface area contributed by atoms with E-state index in [1.165, 1.54) is 0 Å². The van der Waals surface area contributed by atoms with E-state index in [-0.39, 0.29) is 5.41 Å². The Hall–Kier alpha value is -0.140. The van der Waals surface area contributed by atoms with Gasteiger partial charge >= 0.3 is 0 Å².